The zero-order chi connectivity index (χ0) is 20.7. The Bertz CT molecular complexity index is 1050. The number of carbonyl (C=O) groups is 1. The number of piperidine rings is 1. The fourth-order valence-corrected chi connectivity index (χ4v) is 5.82. The van der Waals surface area contributed by atoms with Crippen molar-refractivity contribution in [2.45, 2.75) is 57.3 Å². The monoisotopic (exact) mass is 441 g/mol. The highest BCUT2D eigenvalue weighted by atomic mass is 35.5. The summed E-state index contributed by atoms with van der Waals surface area (Å²) in [5.74, 6) is 0.871. The molecule has 2 aliphatic heterocycles. The maximum absolute atomic E-state index is 11.4. The number of carbonyl (C=O) groups excluding carboxylic acids is 1. The number of halogens is 1. The molecule has 3 atom stereocenters. The first-order valence-electron chi connectivity index (χ1n) is 10.4. The number of hydrogen-bond acceptors (Lipinski definition) is 5. The summed E-state index contributed by atoms with van der Waals surface area (Å²) >= 11 is 7.56. The van der Waals surface area contributed by atoms with Crippen molar-refractivity contribution >= 4 is 39.1 Å². The first kappa shape index (κ1) is 19.8. The first-order valence-corrected chi connectivity index (χ1v) is 11.6. The number of fused-ring (bicyclic) bond motifs is 3. The SMILES string of the molecule is CC(=O)NC1C[C@H]2CC[C@@H](C1)N2Cc1ccc(Oc2nc3cc(Cl)ccc3s2)cc1. The number of benzene rings is 2. The van der Waals surface area contributed by atoms with Crippen LogP contribution < -0.4 is 10.1 Å². The number of hydrogen-bond donors (Lipinski definition) is 1. The molecule has 1 N–H and O–H groups in total. The van der Waals surface area contributed by atoms with Crippen molar-refractivity contribution in [1.29, 1.82) is 0 Å². The summed E-state index contributed by atoms with van der Waals surface area (Å²) in [6.45, 7) is 2.56. The van der Waals surface area contributed by atoms with Gasteiger partial charge in [0.05, 0.1) is 10.2 Å². The van der Waals surface area contributed by atoms with Gasteiger partial charge in [-0.3, -0.25) is 9.69 Å². The van der Waals surface area contributed by atoms with Crippen molar-refractivity contribution in [3.05, 3.63) is 53.1 Å². The van der Waals surface area contributed by atoms with Crippen molar-refractivity contribution < 1.29 is 9.53 Å². The summed E-state index contributed by atoms with van der Waals surface area (Å²) in [5, 5.41) is 4.42. The van der Waals surface area contributed by atoms with Crippen LogP contribution in [-0.4, -0.2) is 33.9 Å². The maximum Gasteiger partial charge on any atom is 0.279 e. The minimum atomic E-state index is 0.0830. The first-order chi connectivity index (χ1) is 14.5. The van der Waals surface area contributed by atoms with Gasteiger partial charge in [0.15, 0.2) is 0 Å². The Morgan fingerprint density at radius 3 is 2.63 bits per heavy atom. The summed E-state index contributed by atoms with van der Waals surface area (Å²) in [6.07, 6.45) is 4.56. The molecule has 3 aromatic rings. The lowest BCUT2D eigenvalue weighted by Crippen LogP contribution is -2.49. The van der Waals surface area contributed by atoms with Crippen LogP contribution in [0.1, 0.15) is 38.2 Å². The van der Waals surface area contributed by atoms with E-state index >= 15 is 0 Å². The zero-order valence-corrected chi connectivity index (χ0v) is 18.4. The molecule has 2 aromatic carbocycles. The molecule has 0 saturated carbocycles. The van der Waals surface area contributed by atoms with Crippen molar-refractivity contribution in [3.63, 3.8) is 0 Å². The Morgan fingerprint density at radius 1 is 1.20 bits per heavy atom. The molecule has 7 heteroatoms. The van der Waals surface area contributed by atoms with Crippen LogP contribution in [0.25, 0.3) is 10.2 Å². The third-order valence-corrected chi connectivity index (χ3v) is 7.26. The van der Waals surface area contributed by atoms with Crippen LogP contribution in [-0.2, 0) is 11.3 Å². The number of aromatic nitrogens is 1. The lowest BCUT2D eigenvalue weighted by Gasteiger charge is -2.39. The second kappa shape index (κ2) is 8.17. The van der Waals surface area contributed by atoms with E-state index in [9.17, 15) is 4.79 Å². The molecule has 0 spiro atoms. The Hall–Kier alpha value is -2.15. The highest BCUT2D eigenvalue weighted by molar-refractivity contribution is 7.20. The third-order valence-electron chi connectivity index (χ3n) is 6.12. The minimum absolute atomic E-state index is 0.0830. The summed E-state index contributed by atoms with van der Waals surface area (Å²) in [4.78, 5) is 18.5. The summed E-state index contributed by atoms with van der Waals surface area (Å²) in [7, 11) is 0. The Morgan fingerprint density at radius 2 is 1.93 bits per heavy atom. The van der Waals surface area contributed by atoms with Crippen molar-refractivity contribution in [2.75, 3.05) is 0 Å². The van der Waals surface area contributed by atoms with Gasteiger partial charge in [-0.15, -0.1) is 0 Å². The average Bonchev–Trinajstić information content (AvgIpc) is 3.19. The third kappa shape index (κ3) is 4.17. The molecule has 30 heavy (non-hydrogen) atoms. The minimum Gasteiger partial charge on any atom is -0.431 e. The second-order valence-electron chi connectivity index (χ2n) is 8.26. The van der Waals surface area contributed by atoms with Gasteiger partial charge in [-0.25, -0.2) is 4.98 Å². The van der Waals surface area contributed by atoms with Gasteiger partial charge in [-0.1, -0.05) is 35.1 Å². The smallest absolute Gasteiger partial charge is 0.279 e. The van der Waals surface area contributed by atoms with Crippen LogP contribution >= 0.6 is 22.9 Å². The van der Waals surface area contributed by atoms with Crippen molar-refractivity contribution in [1.82, 2.24) is 15.2 Å². The highest BCUT2D eigenvalue weighted by Crippen LogP contribution is 2.37. The molecule has 1 unspecified atom stereocenters. The molecule has 3 heterocycles. The average molecular weight is 442 g/mol. The van der Waals surface area contributed by atoms with Crippen LogP contribution in [0, 0.1) is 0 Å². The van der Waals surface area contributed by atoms with Gasteiger partial charge in [0.1, 0.15) is 5.75 Å². The van der Waals surface area contributed by atoms with E-state index in [1.165, 1.54) is 29.7 Å². The molecule has 0 aliphatic carbocycles. The number of nitrogens with one attached hydrogen (secondary N) is 1. The molecule has 2 aliphatic rings. The molecular weight excluding hydrogens is 418 g/mol. The van der Waals surface area contributed by atoms with E-state index < -0.39 is 0 Å². The summed E-state index contributed by atoms with van der Waals surface area (Å²) < 4.78 is 7.02. The number of rotatable bonds is 5. The van der Waals surface area contributed by atoms with Crippen LogP contribution in [0.4, 0.5) is 0 Å². The predicted octanol–water partition coefficient (Wildman–Crippen LogP) is 5.37. The number of amides is 1. The zero-order valence-electron chi connectivity index (χ0n) is 16.8. The van der Waals surface area contributed by atoms with Gasteiger partial charge in [0.25, 0.3) is 5.19 Å². The van der Waals surface area contributed by atoms with E-state index in [4.69, 9.17) is 16.3 Å². The Kier molecular flexibility index (Phi) is 5.39. The van der Waals surface area contributed by atoms with E-state index in [0.717, 1.165) is 35.4 Å². The van der Waals surface area contributed by atoms with Gasteiger partial charge in [-0.2, -0.15) is 0 Å². The molecule has 1 aromatic heterocycles. The Labute approximate surface area is 185 Å². The van der Waals surface area contributed by atoms with E-state index in [1.54, 1.807) is 6.92 Å². The van der Waals surface area contributed by atoms with E-state index in [1.807, 2.05) is 30.3 Å². The fourth-order valence-electron chi connectivity index (χ4n) is 4.84. The normalized spacial score (nSPS) is 23.6. The van der Waals surface area contributed by atoms with Crippen LogP contribution in [0.15, 0.2) is 42.5 Å². The molecule has 2 bridgehead atoms. The molecule has 156 valence electrons. The molecule has 5 nitrogen and oxygen atoms in total. The fraction of sp³-hybridized carbons (Fsp3) is 0.391. The van der Waals surface area contributed by atoms with E-state index in [0.29, 0.717) is 28.3 Å². The molecule has 5 rings (SSSR count). The number of ether oxygens (including phenoxy) is 1. The predicted molar refractivity (Wildman–Crippen MR) is 120 cm³/mol. The van der Waals surface area contributed by atoms with Gasteiger partial charge in [0.2, 0.25) is 5.91 Å². The molecule has 2 saturated heterocycles. The summed E-state index contributed by atoms with van der Waals surface area (Å²) in [6, 6.07) is 15.4. The number of thiazole rings is 1. The Balaban J connectivity index is 1.23. The summed E-state index contributed by atoms with van der Waals surface area (Å²) in [5.41, 5.74) is 2.14. The molecule has 0 radical (unpaired) electrons. The van der Waals surface area contributed by atoms with Crippen LogP contribution in [0.5, 0.6) is 10.9 Å². The van der Waals surface area contributed by atoms with E-state index in [2.05, 4.69) is 27.3 Å². The maximum atomic E-state index is 11.4. The molecular formula is C23H24ClN3O2S. The largest absolute Gasteiger partial charge is 0.431 e. The van der Waals surface area contributed by atoms with Gasteiger partial charge in [0, 0.05) is 36.6 Å². The molecule has 1 amide bonds. The standard InChI is InChI=1S/C23H24ClN3O2S/c1-14(28)25-17-11-18-5-6-19(12-17)27(18)13-15-2-7-20(8-3-15)29-23-26-21-10-16(24)4-9-22(21)30-23/h2-4,7-10,17-19H,5-6,11-13H2,1H3,(H,25,28)/t17?,18-,19+. The van der Waals surface area contributed by atoms with Gasteiger partial charge < -0.3 is 10.1 Å². The molecule has 2 fully saturated rings. The lowest BCUT2D eigenvalue weighted by atomic mass is 9.96. The number of nitrogens with zero attached hydrogens (tertiary/aromatic N) is 2. The van der Waals surface area contributed by atoms with E-state index in [-0.39, 0.29) is 5.91 Å². The van der Waals surface area contributed by atoms with Crippen LogP contribution in [0.2, 0.25) is 5.02 Å². The second-order valence-corrected chi connectivity index (χ2v) is 9.69. The van der Waals surface area contributed by atoms with Crippen molar-refractivity contribution in [2.24, 2.45) is 0 Å². The van der Waals surface area contributed by atoms with Crippen LogP contribution in [0.3, 0.4) is 0 Å². The van der Waals surface area contributed by atoms with Gasteiger partial charge in [-0.05, 0) is 61.6 Å². The quantitative estimate of drug-likeness (QED) is 0.578. The van der Waals surface area contributed by atoms with Crippen molar-refractivity contribution in [3.8, 4) is 10.9 Å². The lowest BCUT2D eigenvalue weighted by molar-refractivity contribution is -0.120. The highest BCUT2D eigenvalue weighted by Gasteiger charge is 2.40. The van der Waals surface area contributed by atoms with Gasteiger partial charge >= 0.3 is 0 Å². The topological polar surface area (TPSA) is 54.5 Å².